The van der Waals surface area contributed by atoms with Gasteiger partial charge < -0.3 is 10.2 Å². The highest BCUT2D eigenvalue weighted by molar-refractivity contribution is 7.92. The van der Waals surface area contributed by atoms with Gasteiger partial charge in [0.1, 0.15) is 12.6 Å². The molecule has 1 saturated carbocycles. The van der Waals surface area contributed by atoms with Crippen molar-refractivity contribution < 1.29 is 18.0 Å². The van der Waals surface area contributed by atoms with Gasteiger partial charge in [-0.2, -0.15) is 0 Å². The van der Waals surface area contributed by atoms with Crippen LogP contribution in [0.15, 0.2) is 72.8 Å². The number of nitrogens with zero attached hydrogens (tertiary/aromatic N) is 2. The Morgan fingerprint density at radius 2 is 1.60 bits per heavy atom. The number of rotatable bonds is 11. The van der Waals surface area contributed by atoms with Gasteiger partial charge in [-0.1, -0.05) is 85.5 Å². The highest BCUT2D eigenvalue weighted by atomic mass is 35.5. The predicted molar refractivity (Wildman–Crippen MR) is 169 cm³/mol. The average Bonchev–Trinajstić information content (AvgIpc) is 2.95. The Kier molecular flexibility index (Phi) is 10.7. The van der Waals surface area contributed by atoms with Crippen LogP contribution in [0.25, 0.3) is 0 Å². The molecule has 7 nitrogen and oxygen atoms in total. The third-order valence-corrected chi connectivity index (χ3v) is 9.29. The van der Waals surface area contributed by atoms with Crippen molar-refractivity contribution in [3.63, 3.8) is 0 Å². The van der Waals surface area contributed by atoms with Gasteiger partial charge in [-0.05, 0) is 67.1 Å². The molecule has 3 aromatic carbocycles. The normalized spacial score (nSPS) is 14.7. The number of carbonyl (C=O) groups is 2. The zero-order valence-electron chi connectivity index (χ0n) is 24.6. The Labute approximate surface area is 254 Å². The van der Waals surface area contributed by atoms with Crippen LogP contribution in [0.4, 0.5) is 5.69 Å². The predicted octanol–water partition coefficient (Wildman–Crippen LogP) is 5.81. The fraction of sp³-hybridized carbons (Fsp3) is 0.394. The first-order valence-corrected chi connectivity index (χ1v) is 16.7. The van der Waals surface area contributed by atoms with Gasteiger partial charge in [-0.3, -0.25) is 13.9 Å². The van der Waals surface area contributed by atoms with E-state index in [9.17, 15) is 18.0 Å². The molecule has 1 aliphatic carbocycles. The van der Waals surface area contributed by atoms with Crippen molar-refractivity contribution in [1.29, 1.82) is 0 Å². The summed E-state index contributed by atoms with van der Waals surface area (Å²) in [5.74, 6) is -0.681. The molecule has 1 unspecified atom stereocenters. The Morgan fingerprint density at radius 1 is 0.929 bits per heavy atom. The standard InChI is InChI=1S/C33H40ClN3O4S/c1-24-12-10-11-15-27(24)22-36(32(38)23-37(42(3,40)41)30-19-18-28(34)20-25(30)2)31(21-26-13-6-4-7-14-26)33(39)35-29-16-8-5-9-17-29/h4,6-7,10-15,18-20,29,31H,5,8-9,16-17,21-23H2,1-3H3,(H,35,39). The minimum atomic E-state index is -3.85. The number of amides is 2. The van der Waals surface area contributed by atoms with E-state index in [1.165, 1.54) is 0 Å². The van der Waals surface area contributed by atoms with Crippen LogP contribution in [0, 0.1) is 13.8 Å². The van der Waals surface area contributed by atoms with E-state index in [0.29, 0.717) is 22.7 Å². The maximum atomic E-state index is 14.3. The van der Waals surface area contributed by atoms with Crippen LogP contribution in [-0.4, -0.2) is 50.0 Å². The number of carbonyl (C=O) groups excluding carboxylic acids is 2. The molecule has 2 amide bonds. The number of sulfonamides is 1. The Bertz CT molecular complexity index is 1490. The summed E-state index contributed by atoms with van der Waals surface area (Å²) in [6, 6.07) is 21.4. The second-order valence-electron chi connectivity index (χ2n) is 11.2. The number of hydrogen-bond donors (Lipinski definition) is 1. The first-order chi connectivity index (χ1) is 20.0. The van der Waals surface area contributed by atoms with Gasteiger partial charge in [-0.25, -0.2) is 8.42 Å². The molecule has 1 aliphatic rings. The molecule has 3 aromatic rings. The number of halogens is 1. The Morgan fingerprint density at radius 3 is 2.24 bits per heavy atom. The minimum absolute atomic E-state index is 0.0594. The van der Waals surface area contributed by atoms with Crippen LogP contribution in [0.3, 0.4) is 0 Å². The van der Waals surface area contributed by atoms with Crippen LogP contribution in [0.1, 0.15) is 54.4 Å². The molecule has 0 bridgehead atoms. The summed E-state index contributed by atoms with van der Waals surface area (Å²) in [5.41, 5.74) is 3.79. The van der Waals surface area contributed by atoms with Crippen molar-refractivity contribution in [2.24, 2.45) is 0 Å². The summed E-state index contributed by atoms with van der Waals surface area (Å²) in [7, 11) is -3.85. The van der Waals surface area contributed by atoms with E-state index in [4.69, 9.17) is 11.6 Å². The topological polar surface area (TPSA) is 86.8 Å². The van der Waals surface area contributed by atoms with E-state index in [0.717, 1.165) is 59.4 Å². The molecule has 4 rings (SSSR count). The monoisotopic (exact) mass is 609 g/mol. The fourth-order valence-corrected chi connectivity index (χ4v) is 6.70. The van der Waals surface area contributed by atoms with Gasteiger partial charge in [0.05, 0.1) is 11.9 Å². The molecule has 9 heteroatoms. The third-order valence-electron chi connectivity index (χ3n) is 7.93. The molecule has 1 fully saturated rings. The van der Waals surface area contributed by atoms with Crippen molar-refractivity contribution in [2.75, 3.05) is 17.1 Å². The fourth-order valence-electron chi connectivity index (χ4n) is 5.56. The molecule has 0 spiro atoms. The number of hydrogen-bond acceptors (Lipinski definition) is 4. The molecule has 1 atom stereocenters. The molecular weight excluding hydrogens is 570 g/mol. The van der Waals surface area contributed by atoms with Gasteiger partial charge in [0.2, 0.25) is 21.8 Å². The van der Waals surface area contributed by atoms with Crippen molar-refractivity contribution in [3.8, 4) is 0 Å². The van der Waals surface area contributed by atoms with Crippen molar-refractivity contribution in [3.05, 3.63) is 100 Å². The highest BCUT2D eigenvalue weighted by Gasteiger charge is 2.34. The van der Waals surface area contributed by atoms with E-state index in [1.54, 1.807) is 30.0 Å². The van der Waals surface area contributed by atoms with Crippen LogP contribution < -0.4 is 9.62 Å². The zero-order valence-corrected chi connectivity index (χ0v) is 26.1. The van der Waals surface area contributed by atoms with Gasteiger partial charge in [0, 0.05) is 24.0 Å². The molecule has 42 heavy (non-hydrogen) atoms. The van der Waals surface area contributed by atoms with Crippen LogP contribution in [0.5, 0.6) is 0 Å². The molecule has 0 radical (unpaired) electrons. The summed E-state index contributed by atoms with van der Waals surface area (Å²) < 4.78 is 27.2. The first kappa shape index (κ1) is 31.6. The summed E-state index contributed by atoms with van der Waals surface area (Å²) in [4.78, 5) is 29.9. The molecule has 1 N–H and O–H groups in total. The third kappa shape index (κ3) is 8.35. The Balaban J connectivity index is 1.74. The SMILES string of the molecule is Cc1ccccc1CN(C(=O)CN(c1ccc(Cl)cc1C)S(C)(=O)=O)C(Cc1ccccc1)C(=O)NC1CCCCC1. The van der Waals surface area contributed by atoms with Gasteiger partial charge >= 0.3 is 0 Å². The average molecular weight is 610 g/mol. The number of nitrogens with one attached hydrogen (secondary N) is 1. The largest absolute Gasteiger partial charge is 0.352 e. The van der Waals surface area contributed by atoms with Gasteiger partial charge in [0.25, 0.3) is 0 Å². The minimum Gasteiger partial charge on any atom is -0.352 e. The lowest BCUT2D eigenvalue weighted by Gasteiger charge is -2.35. The van der Waals surface area contributed by atoms with Crippen molar-refractivity contribution in [2.45, 2.75) is 71.0 Å². The zero-order chi connectivity index (χ0) is 30.3. The van der Waals surface area contributed by atoms with Crippen LogP contribution >= 0.6 is 11.6 Å². The van der Waals surface area contributed by atoms with E-state index < -0.39 is 28.5 Å². The Hall–Kier alpha value is -3.36. The summed E-state index contributed by atoms with van der Waals surface area (Å²) in [6.45, 7) is 3.43. The highest BCUT2D eigenvalue weighted by Crippen LogP contribution is 2.27. The smallest absolute Gasteiger partial charge is 0.244 e. The second-order valence-corrected chi connectivity index (χ2v) is 13.5. The summed E-state index contributed by atoms with van der Waals surface area (Å²) in [6.07, 6.45) is 6.48. The number of anilines is 1. The van der Waals surface area contributed by atoms with Crippen LogP contribution in [0.2, 0.25) is 5.02 Å². The second kappa shape index (κ2) is 14.2. The first-order valence-electron chi connectivity index (χ1n) is 14.4. The summed E-state index contributed by atoms with van der Waals surface area (Å²) in [5, 5.41) is 3.70. The van der Waals surface area contributed by atoms with E-state index in [1.807, 2.05) is 61.5 Å². The lowest BCUT2D eigenvalue weighted by molar-refractivity contribution is -0.140. The summed E-state index contributed by atoms with van der Waals surface area (Å²) >= 11 is 6.14. The maximum absolute atomic E-state index is 14.3. The molecule has 0 saturated heterocycles. The van der Waals surface area contributed by atoms with Crippen molar-refractivity contribution in [1.82, 2.24) is 10.2 Å². The molecule has 224 valence electrons. The molecule has 0 aromatic heterocycles. The number of benzene rings is 3. The van der Waals surface area contributed by atoms with Crippen molar-refractivity contribution >= 4 is 39.1 Å². The molecule has 0 aliphatic heterocycles. The maximum Gasteiger partial charge on any atom is 0.244 e. The van der Waals surface area contributed by atoms with Crippen LogP contribution in [-0.2, 0) is 32.6 Å². The number of aryl methyl sites for hydroxylation is 2. The van der Waals surface area contributed by atoms with Gasteiger partial charge in [0.15, 0.2) is 0 Å². The van der Waals surface area contributed by atoms with E-state index >= 15 is 0 Å². The van der Waals surface area contributed by atoms with E-state index in [-0.39, 0.29) is 18.5 Å². The lowest BCUT2D eigenvalue weighted by Crippen LogP contribution is -2.55. The quantitative estimate of drug-likeness (QED) is 0.297. The lowest BCUT2D eigenvalue weighted by atomic mass is 9.94. The van der Waals surface area contributed by atoms with E-state index in [2.05, 4.69) is 5.32 Å². The molecule has 0 heterocycles. The van der Waals surface area contributed by atoms with Gasteiger partial charge in [-0.15, -0.1) is 0 Å². The molecular formula is C33H40ClN3O4S.